The third-order valence-corrected chi connectivity index (χ3v) is 10.7. The van der Waals surface area contributed by atoms with Crippen LogP contribution in [0.1, 0.15) is 0 Å². The highest BCUT2D eigenvalue weighted by atomic mass is 15.0. The third-order valence-electron chi connectivity index (χ3n) is 10.7. The SMILES string of the molecule is c1ccc(-c2ccccc2-c2ccc3c(c2)c2cnccc2n3-c2cncc(-n3c4ccncc4c4cc(-c5ccccc5-c5ccccn5)ccc43)c2)nc1. The number of fused-ring (bicyclic) bond motifs is 6. The molecule has 7 aromatic heterocycles. The van der Waals surface area contributed by atoms with E-state index in [2.05, 4.69) is 144 Å². The summed E-state index contributed by atoms with van der Waals surface area (Å²) in [4.78, 5) is 23.3. The average Bonchev–Trinajstić information content (AvgIpc) is 3.79. The lowest BCUT2D eigenvalue weighted by molar-refractivity contribution is 1.09. The molecule has 0 aliphatic heterocycles. The molecule has 11 aromatic rings. The molecule has 56 heavy (non-hydrogen) atoms. The minimum Gasteiger partial charge on any atom is -0.307 e. The van der Waals surface area contributed by atoms with E-state index in [1.165, 1.54) is 0 Å². The highest BCUT2D eigenvalue weighted by Crippen LogP contribution is 2.40. The molecule has 7 heterocycles. The summed E-state index contributed by atoms with van der Waals surface area (Å²) in [5, 5.41) is 4.39. The minimum absolute atomic E-state index is 0.946. The van der Waals surface area contributed by atoms with Gasteiger partial charge in [-0.05, 0) is 89.0 Å². The fraction of sp³-hybridized carbons (Fsp3) is 0. The van der Waals surface area contributed by atoms with Gasteiger partial charge in [-0.25, -0.2) is 0 Å². The van der Waals surface area contributed by atoms with Gasteiger partial charge < -0.3 is 9.13 Å². The summed E-state index contributed by atoms with van der Waals surface area (Å²) in [7, 11) is 0. The van der Waals surface area contributed by atoms with E-state index in [-0.39, 0.29) is 0 Å². The van der Waals surface area contributed by atoms with Gasteiger partial charge in [0.2, 0.25) is 0 Å². The smallest absolute Gasteiger partial charge is 0.0708 e. The lowest BCUT2D eigenvalue weighted by Gasteiger charge is -2.13. The fourth-order valence-electron chi connectivity index (χ4n) is 8.24. The highest BCUT2D eigenvalue weighted by Gasteiger charge is 2.19. The number of benzene rings is 4. The summed E-state index contributed by atoms with van der Waals surface area (Å²) < 4.78 is 4.58. The van der Waals surface area contributed by atoms with Crippen molar-refractivity contribution in [3.63, 3.8) is 0 Å². The second-order valence-corrected chi connectivity index (χ2v) is 13.8. The topological polar surface area (TPSA) is 74.3 Å². The summed E-state index contributed by atoms with van der Waals surface area (Å²) in [5.41, 5.74) is 14.8. The minimum atomic E-state index is 0.946. The normalized spacial score (nSPS) is 11.6. The van der Waals surface area contributed by atoms with Gasteiger partial charge >= 0.3 is 0 Å². The monoisotopic (exact) mass is 717 g/mol. The quantitative estimate of drug-likeness (QED) is 0.171. The van der Waals surface area contributed by atoms with Crippen molar-refractivity contribution < 1.29 is 0 Å². The Morgan fingerprint density at radius 3 is 1.23 bits per heavy atom. The van der Waals surface area contributed by atoms with E-state index in [1.54, 1.807) is 0 Å². The first-order valence-electron chi connectivity index (χ1n) is 18.5. The molecule has 0 unspecified atom stereocenters. The van der Waals surface area contributed by atoms with Crippen LogP contribution in [0.2, 0.25) is 0 Å². The van der Waals surface area contributed by atoms with Gasteiger partial charge in [0.1, 0.15) is 0 Å². The molecule has 0 bridgehead atoms. The van der Waals surface area contributed by atoms with E-state index >= 15 is 0 Å². The van der Waals surface area contributed by atoms with E-state index in [4.69, 9.17) is 4.98 Å². The van der Waals surface area contributed by atoms with Crippen LogP contribution in [0.3, 0.4) is 0 Å². The van der Waals surface area contributed by atoms with Gasteiger partial charge in [-0.3, -0.25) is 24.9 Å². The Morgan fingerprint density at radius 2 is 0.768 bits per heavy atom. The third kappa shape index (κ3) is 5.10. The summed E-state index contributed by atoms with van der Waals surface area (Å²) >= 11 is 0. The zero-order valence-corrected chi connectivity index (χ0v) is 30.0. The van der Waals surface area contributed by atoms with Crippen LogP contribution in [0.5, 0.6) is 0 Å². The zero-order valence-electron chi connectivity index (χ0n) is 30.0. The van der Waals surface area contributed by atoms with Gasteiger partial charge in [-0.1, -0.05) is 72.8 Å². The fourth-order valence-corrected chi connectivity index (χ4v) is 8.24. The molecule has 0 aliphatic carbocycles. The Bertz CT molecular complexity index is 3040. The lowest BCUT2D eigenvalue weighted by atomic mass is 9.96. The Morgan fingerprint density at radius 1 is 0.321 bits per heavy atom. The van der Waals surface area contributed by atoms with Gasteiger partial charge in [-0.2, -0.15) is 0 Å². The van der Waals surface area contributed by atoms with Crippen molar-refractivity contribution in [2.24, 2.45) is 0 Å². The first kappa shape index (κ1) is 31.7. The number of nitrogens with zero attached hydrogens (tertiary/aromatic N) is 7. The van der Waals surface area contributed by atoms with Crippen LogP contribution in [0.25, 0.3) is 99.8 Å². The van der Waals surface area contributed by atoms with E-state index < -0.39 is 0 Å². The molecule has 7 heteroatoms. The van der Waals surface area contributed by atoms with Crippen LogP contribution in [0.4, 0.5) is 0 Å². The van der Waals surface area contributed by atoms with Crippen LogP contribution in [0.15, 0.2) is 189 Å². The maximum Gasteiger partial charge on any atom is 0.0708 e. The molecule has 0 saturated heterocycles. The van der Waals surface area contributed by atoms with E-state index in [9.17, 15) is 0 Å². The van der Waals surface area contributed by atoms with E-state index in [0.29, 0.717) is 0 Å². The van der Waals surface area contributed by atoms with Crippen molar-refractivity contribution in [3.05, 3.63) is 189 Å². The molecule has 11 rings (SSSR count). The van der Waals surface area contributed by atoms with E-state index in [1.807, 2.05) is 73.8 Å². The molecule has 0 aliphatic rings. The molecule has 0 radical (unpaired) electrons. The Hall–Kier alpha value is -7.77. The number of hydrogen-bond acceptors (Lipinski definition) is 5. The van der Waals surface area contributed by atoms with Crippen LogP contribution in [-0.2, 0) is 0 Å². The Labute approximate surface area is 321 Å². The molecule has 0 amide bonds. The highest BCUT2D eigenvalue weighted by molar-refractivity contribution is 6.12. The summed E-state index contributed by atoms with van der Waals surface area (Å²) in [6, 6.07) is 48.7. The van der Waals surface area contributed by atoms with Crippen molar-refractivity contribution >= 4 is 43.6 Å². The number of aromatic nitrogens is 7. The second-order valence-electron chi connectivity index (χ2n) is 13.8. The largest absolute Gasteiger partial charge is 0.307 e. The van der Waals surface area contributed by atoms with Crippen molar-refractivity contribution in [1.29, 1.82) is 0 Å². The van der Waals surface area contributed by atoms with E-state index in [0.717, 1.165) is 99.8 Å². The zero-order chi connectivity index (χ0) is 37.0. The van der Waals surface area contributed by atoms with Crippen LogP contribution >= 0.6 is 0 Å². The van der Waals surface area contributed by atoms with Crippen molar-refractivity contribution in [1.82, 2.24) is 34.1 Å². The Kier molecular flexibility index (Phi) is 7.35. The molecule has 0 fully saturated rings. The maximum atomic E-state index is 4.86. The molecular formula is C49H31N7. The van der Waals surface area contributed by atoms with Crippen LogP contribution in [0, 0.1) is 0 Å². The lowest BCUT2D eigenvalue weighted by Crippen LogP contribution is -2.00. The maximum absolute atomic E-state index is 4.86. The molecule has 0 atom stereocenters. The van der Waals surface area contributed by atoms with Crippen molar-refractivity contribution in [3.8, 4) is 56.1 Å². The average molecular weight is 718 g/mol. The molecule has 0 N–H and O–H groups in total. The summed E-state index contributed by atoms with van der Waals surface area (Å²) in [6.45, 7) is 0. The predicted molar refractivity (Wildman–Crippen MR) is 226 cm³/mol. The van der Waals surface area contributed by atoms with Gasteiger partial charge in [-0.15, -0.1) is 0 Å². The van der Waals surface area contributed by atoms with Crippen molar-refractivity contribution in [2.45, 2.75) is 0 Å². The van der Waals surface area contributed by atoms with Gasteiger partial charge in [0.05, 0.1) is 57.2 Å². The van der Waals surface area contributed by atoms with Crippen LogP contribution in [-0.4, -0.2) is 34.1 Å². The first-order valence-corrected chi connectivity index (χ1v) is 18.5. The number of rotatable bonds is 6. The number of pyridine rings is 5. The molecule has 0 saturated carbocycles. The standard InChI is InChI=1S/C49H31N7/c1-3-11-38(44-13-5-7-21-53-44)36(9-1)32-15-17-46-40(25-32)42-30-50-23-19-48(42)55(46)34-27-35(29-52-28-34)56-47-18-16-33(26-41(47)43-31-51-24-20-49(43)56)37-10-2-4-12-39(37)45-14-6-8-22-54-45/h1-31H. The first-order chi connectivity index (χ1) is 27.8. The Balaban J connectivity index is 1.06. The van der Waals surface area contributed by atoms with Gasteiger partial charge in [0.25, 0.3) is 0 Å². The molecule has 7 nitrogen and oxygen atoms in total. The van der Waals surface area contributed by atoms with Gasteiger partial charge in [0, 0.05) is 69.9 Å². The summed E-state index contributed by atoms with van der Waals surface area (Å²) in [5.74, 6) is 0. The molecular weight excluding hydrogens is 687 g/mol. The second kappa shape index (κ2) is 13.0. The molecule has 4 aromatic carbocycles. The summed E-state index contributed by atoms with van der Waals surface area (Å²) in [6.07, 6.45) is 15.2. The molecule has 262 valence electrons. The number of hydrogen-bond donors (Lipinski definition) is 0. The molecule has 0 spiro atoms. The van der Waals surface area contributed by atoms with Gasteiger partial charge in [0.15, 0.2) is 0 Å². The van der Waals surface area contributed by atoms with Crippen molar-refractivity contribution in [2.75, 3.05) is 0 Å². The van der Waals surface area contributed by atoms with Crippen LogP contribution < -0.4 is 0 Å². The predicted octanol–water partition coefficient (Wildman–Crippen LogP) is 11.5.